The number of nitrogens with two attached hydrogens (primary N) is 1. The van der Waals surface area contributed by atoms with Crippen LogP contribution in [0.4, 0.5) is 0 Å². The molecule has 1 rings (SSSR count). The second kappa shape index (κ2) is 9.39. The first-order chi connectivity index (χ1) is 9.13. The van der Waals surface area contributed by atoms with Gasteiger partial charge in [0.05, 0.1) is 26.9 Å². The predicted octanol–water partition coefficient (Wildman–Crippen LogP) is 1.86. The van der Waals surface area contributed by atoms with E-state index in [1.807, 2.05) is 0 Å². The summed E-state index contributed by atoms with van der Waals surface area (Å²) in [6, 6.07) is 1.43. The van der Waals surface area contributed by atoms with Gasteiger partial charge in [-0.3, -0.25) is 4.79 Å². The Morgan fingerprint density at radius 2 is 2.05 bits per heavy atom. The van der Waals surface area contributed by atoms with E-state index in [1.165, 1.54) is 14.2 Å². The molecule has 1 atom stereocenters. The predicted molar refractivity (Wildman–Crippen MR) is 77.4 cm³/mol. The molecule has 0 bridgehead atoms. The summed E-state index contributed by atoms with van der Waals surface area (Å²) < 4.78 is 15.0. The molecule has 0 saturated heterocycles. The number of methoxy groups -OCH3 is 3. The molecule has 20 heavy (non-hydrogen) atoms. The lowest BCUT2D eigenvalue weighted by molar-refractivity contribution is -0.140. The van der Waals surface area contributed by atoms with E-state index in [0.717, 1.165) is 5.56 Å². The van der Waals surface area contributed by atoms with Gasteiger partial charge in [-0.25, -0.2) is 4.98 Å². The van der Waals surface area contributed by atoms with E-state index in [9.17, 15) is 4.79 Å². The minimum absolute atomic E-state index is 0. The van der Waals surface area contributed by atoms with Crippen LogP contribution >= 0.6 is 12.4 Å². The van der Waals surface area contributed by atoms with Crippen molar-refractivity contribution in [1.82, 2.24) is 4.98 Å². The summed E-state index contributed by atoms with van der Waals surface area (Å²) in [5.74, 6) is 0.847. The summed E-state index contributed by atoms with van der Waals surface area (Å²) in [5.41, 5.74) is 6.84. The molecule has 0 saturated carbocycles. The number of esters is 1. The number of nitrogens with zero attached hydrogens (tertiary/aromatic N) is 1. The van der Waals surface area contributed by atoms with E-state index in [2.05, 4.69) is 9.72 Å². The van der Waals surface area contributed by atoms with E-state index in [-0.39, 0.29) is 24.4 Å². The number of hydrogen-bond acceptors (Lipinski definition) is 6. The molecule has 7 heteroatoms. The van der Waals surface area contributed by atoms with Crippen molar-refractivity contribution < 1.29 is 19.0 Å². The summed E-state index contributed by atoms with van der Waals surface area (Å²) in [7, 11) is 4.47. The van der Waals surface area contributed by atoms with Crippen LogP contribution in [-0.4, -0.2) is 32.3 Å². The van der Waals surface area contributed by atoms with Crippen LogP contribution in [0, 0.1) is 0 Å². The molecule has 1 unspecified atom stereocenters. The highest BCUT2D eigenvalue weighted by Crippen LogP contribution is 2.33. The Hall–Kier alpha value is -1.53. The highest BCUT2D eigenvalue weighted by molar-refractivity contribution is 5.85. The molecule has 0 fully saturated rings. The average Bonchev–Trinajstić information content (AvgIpc) is 2.45. The van der Waals surface area contributed by atoms with Gasteiger partial charge in [0.2, 0.25) is 5.88 Å². The van der Waals surface area contributed by atoms with Crippen molar-refractivity contribution in [3.05, 3.63) is 17.8 Å². The second-order valence-electron chi connectivity index (χ2n) is 4.01. The molecule has 0 aliphatic heterocycles. The normalized spacial score (nSPS) is 11.2. The molecule has 0 aliphatic rings. The van der Waals surface area contributed by atoms with E-state index in [1.54, 1.807) is 19.4 Å². The summed E-state index contributed by atoms with van der Waals surface area (Å²) in [4.78, 5) is 15.2. The quantitative estimate of drug-likeness (QED) is 0.774. The first-order valence-corrected chi connectivity index (χ1v) is 6.03. The third kappa shape index (κ3) is 4.86. The Kier molecular flexibility index (Phi) is 8.67. The Bertz CT molecular complexity index is 407. The van der Waals surface area contributed by atoms with Gasteiger partial charge in [0.1, 0.15) is 5.75 Å². The van der Waals surface area contributed by atoms with Gasteiger partial charge in [-0.05, 0) is 18.9 Å². The van der Waals surface area contributed by atoms with Crippen molar-refractivity contribution in [3.8, 4) is 11.6 Å². The summed E-state index contributed by atoms with van der Waals surface area (Å²) in [6.07, 6.45) is 3.19. The SMILES string of the molecule is COC(=O)CCCC(N)c1c(OC)ccnc1OC.Cl. The van der Waals surface area contributed by atoms with Crippen LogP contribution in [0.5, 0.6) is 11.6 Å². The lowest BCUT2D eigenvalue weighted by Gasteiger charge is -2.17. The molecule has 0 spiro atoms. The van der Waals surface area contributed by atoms with Crippen LogP contribution < -0.4 is 15.2 Å². The molecule has 114 valence electrons. The van der Waals surface area contributed by atoms with Gasteiger partial charge in [0, 0.05) is 18.7 Å². The highest BCUT2D eigenvalue weighted by atomic mass is 35.5. The van der Waals surface area contributed by atoms with Crippen LogP contribution in [-0.2, 0) is 9.53 Å². The van der Waals surface area contributed by atoms with Crippen molar-refractivity contribution in [3.63, 3.8) is 0 Å². The molecule has 0 radical (unpaired) electrons. The molecule has 1 heterocycles. The second-order valence-corrected chi connectivity index (χ2v) is 4.01. The first kappa shape index (κ1) is 18.5. The smallest absolute Gasteiger partial charge is 0.305 e. The maximum absolute atomic E-state index is 11.1. The van der Waals surface area contributed by atoms with Gasteiger partial charge < -0.3 is 19.9 Å². The molecule has 0 aromatic carbocycles. The fourth-order valence-electron chi connectivity index (χ4n) is 1.83. The summed E-state index contributed by atoms with van der Waals surface area (Å²) in [5, 5.41) is 0. The first-order valence-electron chi connectivity index (χ1n) is 6.03. The molecule has 0 amide bonds. The zero-order chi connectivity index (χ0) is 14.3. The van der Waals surface area contributed by atoms with Crippen molar-refractivity contribution in [2.24, 2.45) is 5.73 Å². The maximum atomic E-state index is 11.1. The van der Waals surface area contributed by atoms with Gasteiger partial charge >= 0.3 is 5.97 Å². The molecular weight excluding hydrogens is 284 g/mol. The number of ether oxygens (including phenoxy) is 3. The van der Waals surface area contributed by atoms with Gasteiger partial charge in [-0.15, -0.1) is 12.4 Å². The Labute approximate surface area is 125 Å². The number of pyridine rings is 1. The van der Waals surface area contributed by atoms with Crippen LogP contribution in [0.1, 0.15) is 30.9 Å². The van der Waals surface area contributed by atoms with E-state index >= 15 is 0 Å². The minimum atomic E-state index is -0.303. The van der Waals surface area contributed by atoms with Gasteiger partial charge in [-0.1, -0.05) is 0 Å². The Balaban J connectivity index is 0.00000361. The van der Waals surface area contributed by atoms with Crippen molar-refractivity contribution in [2.75, 3.05) is 21.3 Å². The molecule has 1 aromatic heterocycles. The van der Waals surface area contributed by atoms with Gasteiger partial charge in [-0.2, -0.15) is 0 Å². The van der Waals surface area contributed by atoms with E-state index in [4.69, 9.17) is 15.2 Å². The molecule has 1 aromatic rings. The van der Waals surface area contributed by atoms with Gasteiger partial charge in [0.25, 0.3) is 0 Å². The number of aromatic nitrogens is 1. The van der Waals surface area contributed by atoms with E-state index in [0.29, 0.717) is 30.9 Å². The van der Waals surface area contributed by atoms with Crippen LogP contribution in [0.25, 0.3) is 0 Å². The number of carbonyl (C=O) groups excluding carboxylic acids is 1. The van der Waals surface area contributed by atoms with Gasteiger partial charge in [0.15, 0.2) is 0 Å². The monoisotopic (exact) mass is 304 g/mol. The highest BCUT2D eigenvalue weighted by Gasteiger charge is 2.18. The number of rotatable bonds is 7. The lowest BCUT2D eigenvalue weighted by Crippen LogP contribution is -2.14. The minimum Gasteiger partial charge on any atom is -0.496 e. The number of carbonyl (C=O) groups is 1. The number of halogens is 1. The Morgan fingerprint density at radius 1 is 1.35 bits per heavy atom. The van der Waals surface area contributed by atoms with Crippen LogP contribution in [0.2, 0.25) is 0 Å². The van der Waals surface area contributed by atoms with Crippen molar-refractivity contribution >= 4 is 18.4 Å². The molecular formula is C13H21ClN2O4. The Morgan fingerprint density at radius 3 is 2.60 bits per heavy atom. The molecule has 6 nitrogen and oxygen atoms in total. The topological polar surface area (TPSA) is 83.7 Å². The third-order valence-corrected chi connectivity index (χ3v) is 2.82. The fourth-order valence-corrected chi connectivity index (χ4v) is 1.83. The van der Waals surface area contributed by atoms with Crippen LogP contribution in [0.15, 0.2) is 12.3 Å². The standard InChI is InChI=1S/C13H20N2O4.ClH/c1-17-10-7-8-15-13(19-3)12(10)9(14)5-4-6-11(16)18-2;/h7-9H,4-6,14H2,1-3H3;1H. The zero-order valence-corrected chi connectivity index (χ0v) is 12.7. The number of hydrogen-bond donors (Lipinski definition) is 1. The lowest BCUT2D eigenvalue weighted by atomic mass is 10.0. The molecule has 0 aliphatic carbocycles. The fraction of sp³-hybridized carbons (Fsp3) is 0.538. The molecule has 2 N–H and O–H groups in total. The van der Waals surface area contributed by atoms with Crippen LogP contribution in [0.3, 0.4) is 0 Å². The van der Waals surface area contributed by atoms with Crippen molar-refractivity contribution in [1.29, 1.82) is 0 Å². The van der Waals surface area contributed by atoms with E-state index < -0.39 is 0 Å². The largest absolute Gasteiger partial charge is 0.496 e. The van der Waals surface area contributed by atoms with Crippen molar-refractivity contribution in [2.45, 2.75) is 25.3 Å². The third-order valence-electron chi connectivity index (χ3n) is 2.82. The average molecular weight is 305 g/mol. The zero-order valence-electron chi connectivity index (χ0n) is 11.9. The maximum Gasteiger partial charge on any atom is 0.305 e. The summed E-state index contributed by atoms with van der Waals surface area (Å²) >= 11 is 0. The summed E-state index contributed by atoms with van der Waals surface area (Å²) in [6.45, 7) is 0.